The number of nitrogens with zero attached hydrogens (tertiary/aromatic N) is 1. The first-order chi connectivity index (χ1) is 12.6. The molecule has 1 aliphatic heterocycles. The topological polar surface area (TPSA) is 98.1 Å². The Kier molecular flexibility index (Phi) is 5.65. The van der Waals surface area contributed by atoms with Crippen molar-refractivity contribution >= 4 is 23.5 Å². The van der Waals surface area contributed by atoms with E-state index in [9.17, 15) is 14.4 Å². The molecule has 0 unspecified atom stereocenters. The minimum absolute atomic E-state index is 0.121. The van der Waals surface area contributed by atoms with Crippen molar-refractivity contribution in [2.75, 3.05) is 38.2 Å². The van der Waals surface area contributed by atoms with Crippen LogP contribution in [0.1, 0.15) is 20.9 Å². The normalized spacial score (nSPS) is 13.9. The van der Waals surface area contributed by atoms with Gasteiger partial charge in [-0.3, -0.25) is 9.59 Å². The van der Waals surface area contributed by atoms with Gasteiger partial charge in [0, 0.05) is 13.1 Å². The van der Waals surface area contributed by atoms with Crippen LogP contribution in [0, 0.1) is 0 Å². The molecule has 1 aliphatic rings. The number of anilines is 1. The number of morpholine rings is 1. The quantitative estimate of drug-likeness (QED) is 0.815. The molecule has 1 aromatic carbocycles. The second-order valence-corrected chi connectivity index (χ2v) is 5.55. The Balaban J connectivity index is 1.62. The first-order valence-electron chi connectivity index (χ1n) is 8.11. The second kappa shape index (κ2) is 8.30. The van der Waals surface area contributed by atoms with Crippen molar-refractivity contribution in [3.05, 3.63) is 54.0 Å². The predicted octanol–water partition coefficient (Wildman–Crippen LogP) is 1.55. The zero-order chi connectivity index (χ0) is 18.4. The highest BCUT2D eigenvalue weighted by molar-refractivity contribution is 6.06. The fourth-order valence-corrected chi connectivity index (χ4v) is 2.47. The monoisotopic (exact) mass is 358 g/mol. The van der Waals surface area contributed by atoms with Crippen molar-refractivity contribution in [3.8, 4) is 0 Å². The number of carbonyl (C=O) groups is 3. The van der Waals surface area contributed by atoms with E-state index >= 15 is 0 Å². The van der Waals surface area contributed by atoms with E-state index in [2.05, 4.69) is 5.32 Å². The minimum Gasteiger partial charge on any atom is -0.459 e. The van der Waals surface area contributed by atoms with Gasteiger partial charge in [0.15, 0.2) is 12.4 Å². The summed E-state index contributed by atoms with van der Waals surface area (Å²) in [6.07, 6.45) is 1.38. The Morgan fingerprint density at radius 1 is 1.08 bits per heavy atom. The van der Waals surface area contributed by atoms with Crippen LogP contribution >= 0.6 is 0 Å². The molecule has 8 heteroatoms. The SMILES string of the molecule is O=C(Nc1ccccc1C(=O)OCC(=O)N1CCOCC1)c1ccco1. The summed E-state index contributed by atoms with van der Waals surface area (Å²) in [6.45, 7) is 1.54. The molecule has 26 heavy (non-hydrogen) atoms. The van der Waals surface area contributed by atoms with Crippen molar-refractivity contribution in [1.29, 1.82) is 0 Å². The number of benzene rings is 1. The van der Waals surface area contributed by atoms with Gasteiger partial charge in [0.05, 0.1) is 30.7 Å². The number of amides is 2. The van der Waals surface area contributed by atoms with Crippen LogP contribution in [0.15, 0.2) is 47.1 Å². The maximum Gasteiger partial charge on any atom is 0.340 e. The molecule has 3 rings (SSSR count). The maximum absolute atomic E-state index is 12.3. The molecule has 136 valence electrons. The number of furan rings is 1. The third-order valence-corrected chi connectivity index (χ3v) is 3.83. The van der Waals surface area contributed by atoms with Crippen molar-refractivity contribution in [2.45, 2.75) is 0 Å². The van der Waals surface area contributed by atoms with Crippen LogP contribution in [0.2, 0.25) is 0 Å². The Hall–Kier alpha value is -3.13. The zero-order valence-corrected chi connectivity index (χ0v) is 14.0. The molecule has 2 heterocycles. The van der Waals surface area contributed by atoms with Crippen molar-refractivity contribution in [3.63, 3.8) is 0 Å². The van der Waals surface area contributed by atoms with Gasteiger partial charge in [0.2, 0.25) is 0 Å². The van der Waals surface area contributed by atoms with Crippen LogP contribution in [-0.4, -0.2) is 55.6 Å². The molecule has 2 aromatic rings. The summed E-state index contributed by atoms with van der Waals surface area (Å²) >= 11 is 0. The van der Waals surface area contributed by atoms with E-state index in [1.165, 1.54) is 18.4 Å². The molecule has 2 amide bonds. The van der Waals surface area contributed by atoms with Crippen molar-refractivity contribution in [1.82, 2.24) is 4.90 Å². The number of rotatable bonds is 5. The summed E-state index contributed by atoms with van der Waals surface area (Å²) in [4.78, 5) is 38.1. The molecule has 0 aliphatic carbocycles. The molecule has 0 atom stereocenters. The third kappa shape index (κ3) is 4.28. The highest BCUT2D eigenvalue weighted by Crippen LogP contribution is 2.17. The summed E-state index contributed by atoms with van der Waals surface area (Å²) < 4.78 is 15.3. The van der Waals surface area contributed by atoms with E-state index in [4.69, 9.17) is 13.9 Å². The van der Waals surface area contributed by atoms with Gasteiger partial charge >= 0.3 is 5.97 Å². The number of esters is 1. The average molecular weight is 358 g/mol. The number of nitrogens with one attached hydrogen (secondary N) is 1. The Morgan fingerprint density at radius 3 is 2.58 bits per heavy atom. The molecule has 0 radical (unpaired) electrons. The van der Waals surface area contributed by atoms with Crippen LogP contribution in [0.3, 0.4) is 0 Å². The summed E-state index contributed by atoms with van der Waals surface area (Å²) in [7, 11) is 0. The highest BCUT2D eigenvalue weighted by atomic mass is 16.5. The Labute approximate surface area is 149 Å². The molecule has 0 spiro atoms. The molecule has 1 saturated heterocycles. The number of carbonyl (C=O) groups excluding carboxylic acids is 3. The van der Waals surface area contributed by atoms with Crippen LogP contribution in [-0.2, 0) is 14.3 Å². The Morgan fingerprint density at radius 2 is 1.85 bits per heavy atom. The van der Waals surface area contributed by atoms with Gasteiger partial charge in [-0.15, -0.1) is 0 Å². The highest BCUT2D eigenvalue weighted by Gasteiger charge is 2.20. The van der Waals surface area contributed by atoms with Crippen molar-refractivity contribution in [2.24, 2.45) is 0 Å². The lowest BCUT2D eigenvalue weighted by Crippen LogP contribution is -2.42. The van der Waals surface area contributed by atoms with Crippen LogP contribution in [0.25, 0.3) is 0 Å². The largest absolute Gasteiger partial charge is 0.459 e. The van der Waals surface area contributed by atoms with E-state index in [0.29, 0.717) is 26.3 Å². The predicted molar refractivity (Wildman–Crippen MR) is 90.8 cm³/mol. The maximum atomic E-state index is 12.3. The standard InChI is InChI=1S/C18H18N2O6/c21-16(20-7-10-24-11-8-20)12-26-18(23)13-4-1-2-5-14(13)19-17(22)15-6-3-9-25-15/h1-6,9H,7-8,10-12H2,(H,19,22). The summed E-state index contributed by atoms with van der Waals surface area (Å²) in [5.74, 6) is -1.34. The van der Waals surface area contributed by atoms with Gasteiger partial charge in [-0.2, -0.15) is 0 Å². The molecule has 0 bridgehead atoms. The van der Waals surface area contributed by atoms with Crippen molar-refractivity contribution < 1.29 is 28.3 Å². The summed E-state index contributed by atoms with van der Waals surface area (Å²) in [5.41, 5.74) is 0.430. The van der Waals surface area contributed by atoms with E-state index in [0.717, 1.165) is 0 Å². The molecule has 0 saturated carbocycles. The number of hydrogen-bond acceptors (Lipinski definition) is 6. The van der Waals surface area contributed by atoms with Gasteiger partial charge in [-0.05, 0) is 24.3 Å². The smallest absolute Gasteiger partial charge is 0.340 e. The number of hydrogen-bond donors (Lipinski definition) is 1. The fourth-order valence-electron chi connectivity index (χ4n) is 2.47. The molecular weight excluding hydrogens is 340 g/mol. The third-order valence-electron chi connectivity index (χ3n) is 3.83. The number of ether oxygens (including phenoxy) is 2. The van der Waals surface area contributed by atoms with Crippen LogP contribution < -0.4 is 5.32 Å². The van der Waals surface area contributed by atoms with Crippen LogP contribution in [0.5, 0.6) is 0 Å². The number of para-hydroxylation sites is 1. The molecule has 1 fully saturated rings. The summed E-state index contributed by atoms with van der Waals surface area (Å²) in [6, 6.07) is 9.50. The minimum atomic E-state index is -0.693. The first-order valence-corrected chi connectivity index (χ1v) is 8.11. The fraction of sp³-hybridized carbons (Fsp3) is 0.278. The second-order valence-electron chi connectivity index (χ2n) is 5.55. The first kappa shape index (κ1) is 17.7. The Bertz CT molecular complexity index is 781. The van der Waals surface area contributed by atoms with E-state index in [-0.39, 0.29) is 29.5 Å². The van der Waals surface area contributed by atoms with Gasteiger partial charge in [-0.1, -0.05) is 12.1 Å². The lowest BCUT2D eigenvalue weighted by Gasteiger charge is -2.26. The lowest BCUT2D eigenvalue weighted by atomic mass is 10.1. The van der Waals surface area contributed by atoms with Gasteiger partial charge < -0.3 is 24.1 Å². The molecule has 8 nitrogen and oxygen atoms in total. The zero-order valence-electron chi connectivity index (χ0n) is 14.0. The van der Waals surface area contributed by atoms with E-state index in [1.807, 2.05) is 0 Å². The van der Waals surface area contributed by atoms with Gasteiger partial charge in [0.1, 0.15) is 0 Å². The molecule has 1 aromatic heterocycles. The lowest BCUT2D eigenvalue weighted by molar-refractivity contribution is -0.138. The van der Waals surface area contributed by atoms with Gasteiger partial charge in [-0.25, -0.2) is 4.79 Å². The van der Waals surface area contributed by atoms with E-state index in [1.54, 1.807) is 29.2 Å². The summed E-state index contributed by atoms with van der Waals surface area (Å²) in [5, 5.41) is 2.60. The van der Waals surface area contributed by atoms with E-state index < -0.39 is 11.9 Å². The molecular formula is C18H18N2O6. The van der Waals surface area contributed by atoms with Gasteiger partial charge in [0.25, 0.3) is 11.8 Å². The molecule has 1 N–H and O–H groups in total. The average Bonchev–Trinajstić information content (AvgIpc) is 3.22. The van der Waals surface area contributed by atoms with Crippen LogP contribution in [0.4, 0.5) is 5.69 Å².